The summed E-state index contributed by atoms with van der Waals surface area (Å²) in [5.74, 6) is -0.0899. The predicted molar refractivity (Wildman–Crippen MR) is 45.0 cm³/mol. The van der Waals surface area contributed by atoms with Crippen molar-refractivity contribution in [2.24, 2.45) is 11.3 Å². The van der Waals surface area contributed by atoms with E-state index >= 15 is 0 Å². The van der Waals surface area contributed by atoms with Crippen LogP contribution in [0.15, 0.2) is 0 Å². The Morgan fingerprint density at radius 1 is 1.58 bits per heavy atom. The number of carboxylic acids is 1. The van der Waals surface area contributed by atoms with Gasteiger partial charge in [0.1, 0.15) is 0 Å². The van der Waals surface area contributed by atoms with Gasteiger partial charge < -0.3 is 9.84 Å². The Hall–Kier alpha value is -0.570. The third kappa shape index (κ3) is 2.81. The summed E-state index contributed by atoms with van der Waals surface area (Å²) < 4.78 is 5.30. The molecule has 1 N–H and O–H groups in total. The minimum atomic E-state index is -0.793. The van der Waals surface area contributed by atoms with Crippen molar-refractivity contribution < 1.29 is 14.6 Å². The number of rotatable bonds is 5. The van der Waals surface area contributed by atoms with Crippen molar-refractivity contribution in [3.8, 4) is 0 Å². The molecule has 1 fully saturated rings. The Balaban J connectivity index is 2.14. The first-order valence-electron chi connectivity index (χ1n) is 4.33. The molecular weight excluding hydrogens is 156 g/mol. The molecule has 0 aromatic carbocycles. The topological polar surface area (TPSA) is 46.5 Å². The van der Waals surface area contributed by atoms with E-state index in [1.807, 2.05) is 0 Å². The number of aliphatic carboxylic acids is 1. The molecule has 0 spiro atoms. The lowest BCUT2D eigenvalue weighted by Crippen LogP contribution is -2.29. The highest BCUT2D eigenvalue weighted by Gasteiger charge is 2.29. The lowest BCUT2D eigenvalue weighted by atomic mass is 9.95. The van der Waals surface area contributed by atoms with Crippen LogP contribution in [0.2, 0.25) is 0 Å². The van der Waals surface area contributed by atoms with Gasteiger partial charge in [-0.15, -0.1) is 0 Å². The van der Waals surface area contributed by atoms with E-state index in [2.05, 4.69) is 0 Å². The molecule has 1 saturated carbocycles. The molecule has 0 radical (unpaired) electrons. The van der Waals surface area contributed by atoms with Crippen LogP contribution in [0.25, 0.3) is 0 Å². The van der Waals surface area contributed by atoms with Gasteiger partial charge in [0, 0.05) is 6.61 Å². The molecule has 0 atom stereocenters. The fourth-order valence-corrected chi connectivity index (χ4v) is 0.827. The second kappa shape index (κ2) is 3.44. The average Bonchev–Trinajstić information content (AvgIpc) is 2.70. The molecule has 0 amide bonds. The summed E-state index contributed by atoms with van der Waals surface area (Å²) in [5, 5.41) is 8.74. The summed E-state index contributed by atoms with van der Waals surface area (Å²) in [5.41, 5.74) is -0.741. The molecule has 0 aromatic rings. The summed E-state index contributed by atoms with van der Waals surface area (Å²) in [6.45, 7) is 4.42. The Labute approximate surface area is 72.7 Å². The zero-order valence-electron chi connectivity index (χ0n) is 7.67. The SMILES string of the molecule is CC(C)(COCC1CC1)C(=O)O. The molecule has 12 heavy (non-hydrogen) atoms. The maximum atomic E-state index is 10.6. The van der Waals surface area contributed by atoms with Gasteiger partial charge in [0.2, 0.25) is 0 Å². The van der Waals surface area contributed by atoms with Gasteiger partial charge in [-0.05, 0) is 32.6 Å². The highest BCUT2D eigenvalue weighted by atomic mass is 16.5. The highest BCUT2D eigenvalue weighted by molar-refractivity contribution is 5.73. The monoisotopic (exact) mass is 172 g/mol. The zero-order chi connectivity index (χ0) is 9.19. The van der Waals surface area contributed by atoms with Crippen LogP contribution in [-0.4, -0.2) is 24.3 Å². The van der Waals surface area contributed by atoms with Gasteiger partial charge in [0.15, 0.2) is 0 Å². The molecule has 0 bridgehead atoms. The first-order chi connectivity index (χ1) is 5.52. The summed E-state index contributed by atoms with van der Waals surface area (Å²) in [7, 11) is 0. The smallest absolute Gasteiger partial charge is 0.311 e. The van der Waals surface area contributed by atoms with Crippen molar-refractivity contribution in [3.63, 3.8) is 0 Å². The van der Waals surface area contributed by atoms with Crippen molar-refractivity contribution in [1.29, 1.82) is 0 Å². The molecule has 1 aliphatic rings. The fourth-order valence-electron chi connectivity index (χ4n) is 0.827. The number of carboxylic acid groups (broad SMARTS) is 1. The standard InChI is InChI=1S/C9H16O3/c1-9(2,8(10)11)6-12-5-7-3-4-7/h7H,3-6H2,1-2H3,(H,10,11). The molecule has 1 rings (SSSR count). The third-order valence-corrected chi connectivity index (χ3v) is 2.09. The maximum absolute atomic E-state index is 10.6. The van der Waals surface area contributed by atoms with E-state index in [1.54, 1.807) is 13.8 Å². The Morgan fingerprint density at radius 2 is 2.17 bits per heavy atom. The molecule has 0 heterocycles. The Morgan fingerprint density at radius 3 is 2.58 bits per heavy atom. The number of ether oxygens (including phenoxy) is 1. The van der Waals surface area contributed by atoms with Crippen LogP contribution in [0.3, 0.4) is 0 Å². The minimum absolute atomic E-state index is 0.318. The van der Waals surface area contributed by atoms with E-state index < -0.39 is 11.4 Å². The fraction of sp³-hybridized carbons (Fsp3) is 0.889. The average molecular weight is 172 g/mol. The second-order valence-electron chi connectivity index (χ2n) is 4.15. The van der Waals surface area contributed by atoms with Gasteiger partial charge in [-0.3, -0.25) is 4.79 Å². The highest BCUT2D eigenvalue weighted by Crippen LogP contribution is 2.29. The quantitative estimate of drug-likeness (QED) is 0.684. The molecule has 0 saturated heterocycles. The van der Waals surface area contributed by atoms with E-state index in [1.165, 1.54) is 12.8 Å². The second-order valence-corrected chi connectivity index (χ2v) is 4.15. The molecule has 3 heteroatoms. The van der Waals surface area contributed by atoms with Gasteiger partial charge in [0.25, 0.3) is 0 Å². The van der Waals surface area contributed by atoms with Gasteiger partial charge in [-0.2, -0.15) is 0 Å². The van der Waals surface area contributed by atoms with Gasteiger partial charge in [-0.25, -0.2) is 0 Å². The largest absolute Gasteiger partial charge is 0.481 e. The van der Waals surface area contributed by atoms with Gasteiger partial charge >= 0.3 is 5.97 Å². The van der Waals surface area contributed by atoms with Crippen LogP contribution in [0.1, 0.15) is 26.7 Å². The normalized spacial score (nSPS) is 17.8. The van der Waals surface area contributed by atoms with Crippen molar-refractivity contribution >= 4 is 5.97 Å². The predicted octanol–water partition coefficient (Wildman–Crippen LogP) is 1.52. The molecular formula is C9H16O3. The minimum Gasteiger partial charge on any atom is -0.481 e. The van der Waals surface area contributed by atoms with E-state index in [0.717, 1.165) is 6.61 Å². The van der Waals surface area contributed by atoms with Crippen LogP contribution >= 0.6 is 0 Å². The van der Waals surface area contributed by atoms with Crippen LogP contribution in [-0.2, 0) is 9.53 Å². The van der Waals surface area contributed by atoms with Crippen molar-refractivity contribution in [2.75, 3.05) is 13.2 Å². The van der Waals surface area contributed by atoms with Crippen LogP contribution in [0.4, 0.5) is 0 Å². The first kappa shape index (κ1) is 9.52. The zero-order valence-corrected chi connectivity index (χ0v) is 7.67. The Bertz CT molecular complexity index is 171. The van der Waals surface area contributed by atoms with Crippen molar-refractivity contribution in [1.82, 2.24) is 0 Å². The van der Waals surface area contributed by atoms with Crippen LogP contribution in [0.5, 0.6) is 0 Å². The number of hydrogen-bond donors (Lipinski definition) is 1. The summed E-state index contributed by atoms with van der Waals surface area (Å²) in [6.07, 6.45) is 2.49. The van der Waals surface area contributed by atoms with Crippen molar-refractivity contribution in [2.45, 2.75) is 26.7 Å². The summed E-state index contributed by atoms with van der Waals surface area (Å²) >= 11 is 0. The molecule has 70 valence electrons. The van der Waals surface area contributed by atoms with Crippen molar-refractivity contribution in [3.05, 3.63) is 0 Å². The summed E-state index contributed by atoms with van der Waals surface area (Å²) in [4.78, 5) is 10.6. The molecule has 0 aliphatic heterocycles. The lowest BCUT2D eigenvalue weighted by molar-refractivity contribution is -0.150. The molecule has 3 nitrogen and oxygen atoms in total. The summed E-state index contributed by atoms with van der Waals surface area (Å²) in [6, 6.07) is 0. The molecule has 1 aliphatic carbocycles. The number of carbonyl (C=O) groups is 1. The van der Waals surface area contributed by atoms with Crippen LogP contribution in [0, 0.1) is 11.3 Å². The van der Waals surface area contributed by atoms with E-state index in [4.69, 9.17) is 9.84 Å². The third-order valence-electron chi connectivity index (χ3n) is 2.09. The van der Waals surface area contributed by atoms with E-state index in [9.17, 15) is 4.79 Å². The lowest BCUT2D eigenvalue weighted by Gasteiger charge is -2.18. The molecule has 0 aromatic heterocycles. The van der Waals surface area contributed by atoms with Gasteiger partial charge in [0.05, 0.1) is 12.0 Å². The maximum Gasteiger partial charge on any atom is 0.311 e. The van der Waals surface area contributed by atoms with E-state index in [-0.39, 0.29) is 0 Å². The number of hydrogen-bond acceptors (Lipinski definition) is 2. The first-order valence-corrected chi connectivity index (χ1v) is 4.33. The van der Waals surface area contributed by atoms with Gasteiger partial charge in [-0.1, -0.05) is 0 Å². The Kier molecular flexibility index (Phi) is 2.73. The van der Waals surface area contributed by atoms with Crippen LogP contribution < -0.4 is 0 Å². The molecule has 0 unspecified atom stereocenters. The van der Waals surface area contributed by atoms with E-state index in [0.29, 0.717) is 12.5 Å².